The zero-order valence-electron chi connectivity index (χ0n) is 12.3. The Hall–Kier alpha value is -1.09. The van der Waals surface area contributed by atoms with Gasteiger partial charge >= 0.3 is 0 Å². The first kappa shape index (κ1) is 13.3. The molecule has 1 atom stereocenters. The van der Waals surface area contributed by atoms with E-state index in [1.54, 1.807) is 0 Å². The highest BCUT2D eigenvalue weighted by atomic mass is 16.5. The number of anilines is 1. The summed E-state index contributed by atoms with van der Waals surface area (Å²) in [6.07, 6.45) is 1.01. The van der Waals surface area contributed by atoms with Gasteiger partial charge in [-0.25, -0.2) is 0 Å². The van der Waals surface area contributed by atoms with Crippen molar-refractivity contribution in [3.8, 4) is 0 Å². The molecule has 2 rings (SSSR count). The minimum atomic E-state index is -0.152. The van der Waals surface area contributed by atoms with Crippen LogP contribution < -0.4 is 5.32 Å². The lowest BCUT2D eigenvalue weighted by atomic mass is 9.94. The molecule has 0 aromatic carbocycles. The summed E-state index contributed by atoms with van der Waals surface area (Å²) in [7, 11) is 0. The lowest BCUT2D eigenvalue weighted by Crippen LogP contribution is -2.38. The predicted molar refractivity (Wildman–Crippen MR) is 75.0 cm³/mol. The maximum absolute atomic E-state index is 6.10. The van der Waals surface area contributed by atoms with E-state index in [1.165, 1.54) is 0 Å². The van der Waals surface area contributed by atoms with Crippen molar-refractivity contribution in [1.82, 2.24) is 4.98 Å². The second-order valence-corrected chi connectivity index (χ2v) is 6.45. The van der Waals surface area contributed by atoms with Gasteiger partial charge in [0.2, 0.25) is 0 Å². The fourth-order valence-corrected chi connectivity index (χ4v) is 2.81. The van der Waals surface area contributed by atoms with Crippen LogP contribution in [0.2, 0.25) is 0 Å². The van der Waals surface area contributed by atoms with Crippen LogP contribution in [0.4, 0.5) is 5.69 Å². The number of hydrogen-bond donors (Lipinski definition) is 1. The molecule has 2 heterocycles. The van der Waals surface area contributed by atoms with E-state index in [2.05, 4.69) is 44.1 Å². The number of rotatable bonds is 2. The maximum Gasteiger partial charge on any atom is 0.0834 e. The van der Waals surface area contributed by atoms with Gasteiger partial charge in [0.25, 0.3) is 0 Å². The fraction of sp³-hybridized carbons (Fsp3) is 0.667. The van der Waals surface area contributed by atoms with E-state index < -0.39 is 0 Å². The van der Waals surface area contributed by atoms with E-state index in [0.29, 0.717) is 6.04 Å². The number of aromatic nitrogens is 1. The average Bonchev–Trinajstić information content (AvgIpc) is 2.39. The minimum Gasteiger partial charge on any atom is -0.378 e. The molecule has 0 saturated carbocycles. The standard InChI is InChI=1S/C15H24N2O/c1-10-7-8-12(11(2)16-10)17-13-9-14(3,4)18-15(13,5)6/h7-8,13,17H,9H2,1-6H3. The van der Waals surface area contributed by atoms with Gasteiger partial charge in [-0.15, -0.1) is 0 Å². The van der Waals surface area contributed by atoms with Crippen molar-refractivity contribution in [2.24, 2.45) is 0 Å². The molecule has 1 aliphatic rings. The third kappa shape index (κ3) is 2.66. The molecule has 1 saturated heterocycles. The lowest BCUT2D eigenvalue weighted by Gasteiger charge is -2.28. The van der Waals surface area contributed by atoms with Crippen molar-refractivity contribution in [3.63, 3.8) is 0 Å². The molecule has 0 spiro atoms. The highest BCUT2D eigenvalue weighted by Crippen LogP contribution is 2.39. The molecule has 0 amide bonds. The van der Waals surface area contributed by atoms with Crippen LogP contribution in [0.1, 0.15) is 45.5 Å². The molecule has 0 radical (unpaired) electrons. The second-order valence-electron chi connectivity index (χ2n) is 6.45. The van der Waals surface area contributed by atoms with Gasteiger partial charge in [0, 0.05) is 5.69 Å². The number of nitrogens with one attached hydrogen (secondary N) is 1. The molecule has 1 unspecified atom stereocenters. The Labute approximate surface area is 110 Å². The molecule has 100 valence electrons. The smallest absolute Gasteiger partial charge is 0.0834 e. The fourth-order valence-electron chi connectivity index (χ4n) is 2.81. The third-order valence-corrected chi connectivity index (χ3v) is 3.63. The first-order valence-electron chi connectivity index (χ1n) is 6.61. The van der Waals surface area contributed by atoms with Crippen LogP contribution in [0.5, 0.6) is 0 Å². The van der Waals surface area contributed by atoms with Crippen LogP contribution in [-0.4, -0.2) is 22.2 Å². The highest BCUT2D eigenvalue weighted by molar-refractivity contribution is 5.49. The van der Waals surface area contributed by atoms with Crippen molar-refractivity contribution >= 4 is 5.69 Å². The Balaban J connectivity index is 2.19. The summed E-state index contributed by atoms with van der Waals surface area (Å²) < 4.78 is 6.10. The van der Waals surface area contributed by atoms with E-state index in [0.717, 1.165) is 23.5 Å². The zero-order valence-corrected chi connectivity index (χ0v) is 12.3. The summed E-state index contributed by atoms with van der Waals surface area (Å²) in [5, 5.41) is 3.59. The Morgan fingerprint density at radius 3 is 2.39 bits per heavy atom. The van der Waals surface area contributed by atoms with Crippen LogP contribution >= 0.6 is 0 Å². The van der Waals surface area contributed by atoms with Gasteiger partial charge < -0.3 is 10.1 Å². The van der Waals surface area contributed by atoms with Crippen molar-refractivity contribution in [2.45, 2.75) is 65.2 Å². The molecule has 3 nitrogen and oxygen atoms in total. The van der Waals surface area contributed by atoms with Crippen LogP contribution in [0.3, 0.4) is 0 Å². The summed E-state index contributed by atoms with van der Waals surface area (Å²) in [6.45, 7) is 12.7. The lowest BCUT2D eigenvalue weighted by molar-refractivity contribution is -0.0662. The molecule has 1 N–H and O–H groups in total. The van der Waals surface area contributed by atoms with Gasteiger partial charge in [-0.1, -0.05) is 0 Å². The quantitative estimate of drug-likeness (QED) is 0.870. The van der Waals surface area contributed by atoms with E-state index in [-0.39, 0.29) is 11.2 Å². The van der Waals surface area contributed by atoms with E-state index in [1.807, 2.05) is 19.9 Å². The van der Waals surface area contributed by atoms with E-state index in [9.17, 15) is 0 Å². The first-order valence-corrected chi connectivity index (χ1v) is 6.61. The number of ether oxygens (including phenoxy) is 1. The monoisotopic (exact) mass is 248 g/mol. The Morgan fingerprint density at radius 1 is 1.22 bits per heavy atom. The Kier molecular flexibility index (Phi) is 3.14. The van der Waals surface area contributed by atoms with Gasteiger partial charge in [0.1, 0.15) is 0 Å². The number of nitrogens with zero attached hydrogens (tertiary/aromatic N) is 1. The van der Waals surface area contributed by atoms with Crippen LogP contribution in [-0.2, 0) is 4.74 Å². The predicted octanol–water partition coefficient (Wildman–Crippen LogP) is 3.46. The average molecular weight is 248 g/mol. The third-order valence-electron chi connectivity index (χ3n) is 3.63. The topological polar surface area (TPSA) is 34.1 Å². The minimum absolute atomic E-state index is 0.0623. The number of aryl methyl sites for hydroxylation is 2. The largest absolute Gasteiger partial charge is 0.378 e. The van der Waals surface area contributed by atoms with Gasteiger partial charge in [0.05, 0.1) is 28.6 Å². The molecule has 1 aromatic heterocycles. The molecule has 1 aliphatic heterocycles. The molecular formula is C15H24N2O. The summed E-state index contributed by atoms with van der Waals surface area (Å²) in [6, 6.07) is 4.47. The van der Waals surface area contributed by atoms with Crippen LogP contribution in [0, 0.1) is 13.8 Å². The molecule has 0 aliphatic carbocycles. The molecular weight excluding hydrogens is 224 g/mol. The van der Waals surface area contributed by atoms with Crippen molar-refractivity contribution in [3.05, 3.63) is 23.5 Å². The van der Waals surface area contributed by atoms with Crippen molar-refractivity contribution < 1.29 is 4.74 Å². The maximum atomic E-state index is 6.10. The van der Waals surface area contributed by atoms with Crippen LogP contribution in [0.25, 0.3) is 0 Å². The van der Waals surface area contributed by atoms with Gasteiger partial charge in [-0.3, -0.25) is 4.98 Å². The summed E-state index contributed by atoms with van der Waals surface area (Å²) >= 11 is 0. The highest BCUT2D eigenvalue weighted by Gasteiger charge is 2.45. The van der Waals surface area contributed by atoms with Gasteiger partial charge in [0.15, 0.2) is 0 Å². The molecule has 1 aromatic rings. The van der Waals surface area contributed by atoms with Gasteiger partial charge in [-0.05, 0) is 60.1 Å². The second kappa shape index (κ2) is 4.23. The summed E-state index contributed by atoms with van der Waals surface area (Å²) in [5.74, 6) is 0. The Morgan fingerprint density at radius 2 is 1.89 bits per heavy atom. The van der Waals surface area contributed by atoms with Gasteiger partial charge in [-0.2, -0.15) is 0 Å². The molecule has 18 heavy (non-hydrogen) atoms. The first-order chi connectivity index (χ1) is 8.20. The van der Waals surface area contributed by atoms with E-state index in [4.69, 9.17) is 4.74 Å². The molecule has 1 fully saturated rings. The summed E-state index contributed by atoms with van der Waals surface area (Å²) in [5.41, 5.74) is 3.00. The zero-order chi connectivity index (χ0) is 13.6. The molecule has 3 heteroatoms. The number of hydrogen-bond acceptors (Lipinski definition) is 3. The summed E-state index contributed by atoms with van der Waals surface area (Å²) in [4.78, 5) is 4.50. The van der Waals surface area contributed by atoms with Crippen molar-refractivity contribution in [1.29, 1.82) is 0 Å². The van der Waals surface area contributed by atoms with Crippen molar-refractivity contribution in [2.75, 3.05) is 5.32 Å². The Bertz CT molecular complexity index is 452. The van der Waals surface area contributed by atoms with Crippen LogP contribution in [0.15, 0.2) is 12.1 Å². The normalized spacial score (nSPS) is 25.1. The SMILES string of the molecule is Cc1ccc(NC2CC(C)(C)OC2(C)C)c(C)n1. The number of pyridine rings is 1. The molecule has 0 bridgehead atoms. The van der Waals surface area contributed by atoms with E-state index >= 15 is 0 Å².